The summed E-state index contributed by atoms with van der Waals surface area (Å²) in [5, 5.41) is 5.95. The lowest BCUT2D eigenvalue weighted by atomic mass is 10.0. The Bertz CT molecular complexity index is 1930. The largest absolute Gasteiger partial charge is 0.453 e. The zero-order valence-electron chi connectivity index (χ0n) is 25.5. The number of carbonyl (C=O) groups excluding carboxylic acids is 2. The van der Waals surface area contributed by atoms with Gasteiger partial charge in [-0.05, 0) is 60.9 Å². The highest BCUT2D eigenvalue weighted by Crippen LogP contribution is 2.47. The second-order valence-electron chi connectivity index (χ2n) is 11.9. The number of nitrogens with one attached hydrogen (secondary N) is 2. The van der Waals surface area contributed by atoms with Crippen molar-refractivity contribution in [3.05, 3.63) is 115 Å². The molecule has 2 aliphatic rings. The molecule has 9 nitrogen and oxygen atoms in total. The number of halogens is 2. The van der Waals surface area contributed by atoms with Gasteiger partial charge < -0.3 is 20.3 Å². The van der Waals surface area contributed by atoms with Crippen LogP contribution in [-0.2, 0) is 16.1 Å². The smallest absolute Gasteiger partial charge is 0.240 e. The number of anilines is 3. The van der Waals surface area contributed by atoms with E-state index in [-0.39, 0.29) is 11.4 Å². The average molecular weight is 635 g/mol. The second kappa shape index (κ2) is 12.8. The minimum absolute atomic E-state index is 0.0377. The van der Waals surface area contributed by atoms with Crippen molar-refractivity contribution in [3.63, 3.8) is 0 Å². The first kappa shape index (κ1) is 30.2. The number of nitrogens with zero attached hydrogens (tertiary/aromatic N) is 4. The third kappa shape index (κ3) is 6.61. The van der Waals surface area contributed by atoms with Gasteiger partial charge in [-0.1, -0.05) is 30.3 Å². The third-order valence-corrected chi connectivity index (χ3v) is 8.65. The van der Waals surface area contributed by atoms with Gasteiger partial charge in [-0.25, -0.2) is 13.8 Å². The predicted molar refractivity (Wildman–Crippen MR) is 175 cm³/mol. The van der Waals surface area contributed by atoms with Crippen LogP contribution in [0.25, 0.3) is 10.9 Å². The summed E-state index contributed by atoms with van der Waals surface area (Å²) in [5.41, 5.74) is 1.29. The first-order chi connectivity index (χ1) is 22.9. The van der Waals surface area contributed by atoms with Gasteiger partial charge in [-0.15, -0.1) is 0 Å². The van der Waals surface area contributed by atoms with Gasteiger partial charge in [0.25, 0.3) is 0 Å². The fraction of sp³-hybridized carbons (Fsp3) is 0.222. The third-order valence-electron chi connectivity index (χ3n) is 8.65. The van der Waals surface area contributed by atoms with Crippen molar-refractivity contribution >= 4 is 39.9 Å². The van der Waals surface area contributed by atoms with Crippen LogP contribution in [0.5, 0.6) is 11.5 Å². The van der Waals surface area contributed by atoms with E-state index in [1.807, 2.05) is 12.1 Å². The number of aromatic nitrogens is 2. The zero-order chi connectivity index (χ0) is 32.4. The summed E-state index contributed by atoms with van der Waals surface area (Å²) >= 11 is 0. The minimum Gasteiger partial charge on any atom is -0.453 e. The Balaban J connectivity index is 0.986. The fourth-order valence-corrected chi connectivity index (χ4v) is 5.74. The molecule has 2 aromatic heterocycles. The number of hydrogen-bond acceptors (Lipinski definition) is 7. The Morgan fingerprint density at radius 1 is 0.787 bits per heavy atom. The van der Waals surface area contributed by atoms with Crippen molar-refractivity contribution in [1.82, 2.24) is 14.9 Å². The van der Waals surface area contributed by atoms with Crippen LogP contribution in [0.15, 0.2) is 97.3 Å². The normalized spacial score (nSPS) is 15.7. The number of amides is 2. The van der Waals surface area contributed by atoms with Crippen LogP contribution < -0.4 is 20.3 Å². The van der Waals surface area contributed by atoms with Crippen LogP contribution in [0.2, 0.25) is 0 Å². The SMILES string of the molecule is O=C(Nc1ccc(F)cc1)C1(C(=O)Nc2ccc(Oc3ccnc4cc(N5CCN(Cc6ccccc6)CC5)ncc34)c(F)c2)CC1. The lowest BCUT2D eigenvalue weighted by Crippen LogP contribution is -2.46. The predicted octanol–water partition coefficient (Wildman–Crippen LogP) is 6.38. The molecular formula is C36H32F2N6O3. The molecule has 1 aliphatic heterocycles. The van der Waals surface area contributed by atoms with E-state index >= 15 is 4.39 Å². The molecule has 5 aromatic rings. The lowest BCUT2D eigenvalue weighted by Gasteiger charge is -2.35. The summed E-state index contributed by atoms with van der Waals surface area (Å²) < 4.78 is 34.4. The van der Waals surface area contributed by atoms with Gasteiger partial charge in [0.05, 0.1) is 10.9 Å². The molecule has 3 heterocycles. The number of hydrogen-bond donors (Lipinski definition) is 2. The molecule has 7 rings (SSSR count). The van der Waals surface area contributed by atoms with E-state index in [9.17, 15) is 14.0 Å². The molecule has 3 aromatic carbocycles. The first-order valence-corrected chi connectivity index (χ1v) is 15.5. The summed E-state index contributed by atoms with van der Waals surface area (Å²) in [4.78, 5) is 39.8. The van der Waals surface area contributed by atoms with Gasteiger partial charge in [-0.3, -0.25) is 19.5 Å². The van der Waals surface area contributed by atoms with E-state index in [1.54, 1.807) is 18.5 Å². The standard InChI is InChI=1S/C36H32F2N6O3/c37-25-6-8-26(9-7-25)41-34(45)36(13-14-36)35(46)42-27-10-11-32(29(38)20-27)47-31-12-15-39-30-21-33(40-22-28(30)31)44-18-16-43(17-19-44)23-24-4-2-1-3-5-24/h1-12,15,20-22H,13-14,16-19,23H2,(H,41,45)(H,42,46). The Labute approximate surface area is 270 Å². The number of pyridine rings is 2. The highest BCUT2D eigenvalue weighted by molar-refractivity contribution is 6.16. The Morgan fingerprint density at radius 2 is 1.49 bits per heavy atom. The molecule has 2 N–H and O–H groups in total. The topological polar surface area (TPSA) is 99.7 Å². The van der Waals surface area contributed by atoms with Crippen molar-refractivity contribution in [2.75, 3.05) is 41.7 Å². The van der Waals surface area contributed by atoms with Gasteiger partial charge in [0.1, 0.15) is 22.8 Å². The molecule has 1 aliphatic carbocycles. The van der Waals surface area contributed by atoms with Gasteiger partial charge >= 0.3 is 0 Å². The molecule has 238 valence electrons. The molecule has 0 radical (unpaired) electrons. The van der Waals surface area contributed by atoms with Crippen molar-refractivity contribution in [1.29, 1.82) is 0 Å². The zero-order valence-corrected chi connectivity index (χ0v) is 25.5. The summed E-state index contributed by atoms with van der Waals surface area (Å²) in [6.07, 6.45) is 4.01. The van der Waals surface area contributed by atoms with Gasteiger partial charge in [0.15, 0.2) is 11.6 Å². The van der Waals surface area contributed by atoms with Crippen molar-refractivity contribution in [2.45, 2.75) is 19.4 Å². The maximum atomic E-state index is 15.2. The summed E-state index contributed by atoms with van der Waals surface area (Å²) in [5.74, 6) is -0.965. The van der Waals surface area contributed by atoms with E-state index in [2.05, 4.69) is 54.7 Å². The Morgan fingerprint density at radius 3 is 2.19 bits per heavy atom. The monoisotopic (exact) mass is 634 g/mol. The molecule has 2 amide bonds. The molecule has 0 spiro atoms. The van der Waals surface area contributed by atoms with E-state index < -0.39 is 28.9 Å². The first-order valence-electron chi connectivity index (χ1n) is 15.5. The summed E-state index contributed by atoms with van der Waals surface area (Å²) in [6.45, 7) is 4.45. The van der Waals surface area contributed by atoms with E-state index in [4.69, 9.17) is 4.74 Å². The number of fused-ring (bicyclic) bond motifs is 1. The van der Waals surface area contributed by atoms with Crippen LogP contribution in [0.3, 0.4) is 0 Å². The maximum absolute atomic E-state index is 15.2. The molecule has 0 unspecified atom stereocenters. The lowest BCUT2D eigenvalue weighted by molar-refractivity contribution is -0.131. The van der Waals surface area contributed by atoms with E-state index in [0.29, 0.717) is 35.2 Å². The van der Waals surface area contributed by atoms with Crippen LogP contribution >= 0.6 is 0 Å². The molecule has 2 fully saturated rings. The van der Waals surface area contributed by atoms with Gasteiger partial charge in [0, 0.05) is 68.6 Å². The Hall–Kier alpha value is -5.42. The molecule has 47 heavy (non-hydrogen) atoms. The molecule has 0 bridgehead atoms. The van der Waals surface area contributed by atoms with Crippen LogP contribution in [0.1, 0.15) is 18.4 Å². The maximum Gasteiger partial charge on any atom is 0.240 e. The number of rotatable bonds is 9. The molecule has 1 saturated carbocycles. The Kier molecular flexibility index (Phi) is 8.21. The summed E-state index contributed by atoms with van der Waals surface area (Å²) in [6, 6.07) is 23.4. The van der Waals surface area contributed by atoms with Gasteiger partial charge in [0.2, 0.25) is 11.8 Å². The molecular weight excluding hydrogens is 602 g/mol. The number of carbonyl (C=O) groups is 2. The summed E-state index contributed by atoms with van der Waals surface area (Å²) in [7, 11) is 0. The molecule has 11 heteroatoms. The minimum atomic E-state index is -1.27. The van der Waals surface area contributed by atoms with Crippen LogP contribution in [-0.4, -0.2) is 52.9 Å². The number of piperazine rings is 1. The highest BCUT2D eigenvalue weighted by atomic mass is 19.1. The van der Waals surface area contributed by atoms with E-state index in [0.717, 1.165) is 44.6 Å². The fourth-order valence-electron chi connectivity index (χ4n) is 5.74. The van der Waals surface area contributed by atoms with Crippen molar-refractivity contribution in [3.8, 4) is 11.5 Å². The average Bonchev–Trinajstić information content (AvgIpc) is 3.90. The van der Waals surface area contributed by atoms with Crippen LogP contribution in [0.4, 0.5) is 26.0 Å². The quantitative estimate of drug-likeness (QED) is 0.182. The second-order valence-corrected chi connectivity index (χ2v) is 11.9. The van der Waals surface area contributed by atoms with Crippen molar-refractivity contribution in [2.24, 2.45) is 5.41 Å². The van der Waals surface area contributed by atoms with Crippen LogP contribution in [0, 0.1) is 17.0 Å². The highest BCUT2D eigenvalue weighted by Gasteiger charge is 2.56. The molecule has 0 atom stereocenters. The van der Waals surface area contributed by atoms with Gasteiger partial charge in [-0.2, -0.15) is 0 Å². The van der Waals surface area contributed by atoms with Crippen molar-refractivity contribution < 1.29 is 23.1 Å². The van der Waals surface area contributed by atoms with E-state index in [1.165, 1.54) is 42.0 Å². The molecule has 1 saturated heterocycles. The number of ether oxygens (including phenoxy) is 1. The number of benzene rings is 3.